The van der Waals surface area contributed by atoms with E-state index in [0.717, 1.165) is 0 Å². The fourth-order valence-electron chi connectivity index (χ4n) is 0.375. The van der Waals surface area contributed by atoms with E-state index in [-0.39, 0.29) is 41.5 Å². The first kappa shape index (κ1) is 21.0. The van der Waals surface area contributed by atoms with Crippen LogP contribution in [0.5, 0.6) is 0 Å². The molecule has 0 spiro atoms. The molecule has 0 aromatic heterocycles. The van der Waals surface area contributed by atoms with E-state index in [1.807, 2.05) is 4.74 Å². The summed E-state index contributed by atoms with van der Waals surface area (Å²) in [5, 5.41) is -6.08. The number of halogens is 9. The van der Waals surface area contributed by atoms with Crippen molar-refractivity contribution in [2.45, 2.75) is 21.4 Å². The van der Waals surface area contributed by atoms with Gasteiger partial charge in [0.15, 0.2) is 0 Å². The van der Waals surface area contributed by atoms with Gasteiger partial charge in [0, 0.05) is 33.3 Å². The van der Waals surface area contributed by atoms with E-state index >= 15 is 0 Å². The van der Waals surface area contributed by atoms with E-state index in [2.05, 4.69) is 0 Å². The third-order valence-corrected chi connectivity index (χ3v) is 2.42. The van der Waals surface area contributed by atoms with Gasteiger partial charge in [-0.2, -0.15) is 26.3 Å². The van der Waals surface area contributed by atoms with Crippen molar-refractivity contribution < 1.29 is 67.1 Å². The van der Waals surface area contributed by atoms with E-state index in [1.54, 1.807) is 0 Å². The second-order valence-electron chi connectivity index (χ2n) is 2.38. The predicted octanol–water partition coefficient (Wildman–Crippen LogP) is 0.123. The van der Waals surface area contributed by atoms with Gasteiger partial charge in [-0.05, 0) is 0 Å². The maximum absolute atomic E-state index is 12.3. The summed E-state index contributed by atoms with van der Waals surface area (Å²) in [6, 6.07) is 0. The Morgan fingerprint density at radius 3 is 1.39 bits per heavy atom. The van der Waals surface area contributed by atoms with Crippen LogP contribution in [0.2, 0.25) is 0 Å². The van der Waals surface area contributed by atoms with Crippen molar-refractivity contribution in [2.75, 3.05) is 0 Å². The summed E-state index contributed by atoms with van der Waals surface area (Å²) in [4.78, 5) is 0. The summed E-state index contributed by atoms with van der Waals surface area (Å²) in [6.45, 7) is 0. The first-order valence-electron chi connectivity index (χ1n) is 3.15. The Hall–Kier alpha value is 0.677. The van der Waals surface area contributed by atoms with Gasteiger partial charge in [0.1, 0.15) is 0 Å². The minimum atomic E-state index is -6.32. The van der Waals surface area contributed by atoms with Crippen molar-refractivity contribution >= 4 is 33.3 Å². The molecule has 0 unspecified atom stereocenters. The summed E-state index contributed by atoms with van der Waals surface area (Å²) >= 11 is -0.336. The smallest absolute Gasteiger partial charge is 0.418 e. The van der Waals surface area contributed by atoms with Crippen LogP contribution in [0.25, 0.3) is 0 Å². The Balaban J connectivity index is 0. The molecule has 14 heteroatoms. The van der Waals surface area contributed by atoms with E-state index in [0.29, 0.717) is 0 Å². The average molecular weight is 414 g/mol. The molecule has 0 aliphatic heterocycles. The van der Waals surface area contributed by atoms with E-state index in [9.17, 15) is 43.5 Å². The Labute approximate surface area is 121 Å². The van der Waals surface area contributed by atoms with Crippen LogP contribution in [-0.2, 0) is 23.9 Å². The molecule has 0 N–H and O–H groups in total. The van der Waals surface area contributed by atoms with Crippen LogP contribution in [0.1, 0.15) is 0 Å². The third-order valence-electron chi connectivity index (χ3n) is 1.13. The van der Waals surface area contributed by atoms with E-state index in [1.165, 1.54) is 0 Å². The van der Waals surface area contributed by atoms with Gasteiger partial charge in [0.05, 0.1) is 0 Å². The number of alkyl halides is 9. The quantitative estimate of drug-likeness (QED) is 0.211. The van der Waals surface area contributed by atoms with Crippen LogP contribution >= 0.6 is 22.6 Å². The zero-order chi connectivity index (χ0) is 14.3. The second-order valence-corrected chi connectivity index (χ2v) is 4.72. The number of rotatable bonds is 5. The standard InChI is InChI=1S/C4F8IO3S.Li/c5-1(6,13)2(7,8)16-3(9,10)4(11,12)17(14)15;/q-1;+1. The van der Waals surface area contributed by atoms with Crippen molar-refractivity contribution in [3.05, 3.63) is 0 Å². The van der Waals surface area contributed by atoms with Gasteiger partial charge < -0.3 is 8.42 Å². The molecule has 0 heterocycles. The molecule has 0 atom stereocenters. The Bertz CT molecular complexity index is 358. The minimum absolute atomic E-state index is 0. The zero-order valence-electron chi connectivity index (χ0n) is 8.03. The number of ether oxygens (including phenoxy) is 1. The first-order chi connectivity index (χ1) is 7.15. The van der Waals surface area contributed by atoms with Crippen LogP contribution in [0.4, 0.5) is 35.1 Å². The Morgan fingerprint density at radius 2 is 1.17 bits per heavy atom. The van der Waals surface area contributed by atoms with Crippen molar-refractivity contribution in [1.82, 2.24) is 0 Å². The molecule has 0 bridgehead atoms. The molecule has 0 rings (SSSR count). The number of hydrogen-bond acceptors (Lipinski definition) is 4. The predicted molar refractivity (Wildman–Crippen MR) is 43.6 cm³/mol. The molecule has 0 aliphatic carbocycles. The monoisotopic (exact) mass is 414 g/mol. The van der Waals surface area contributed by atoms with Gasteiger partial charge in [0.25, 0.3) is 0 Å². The molecule has 0 saturated carbocycles. The van der Waals surface area contributed by atoms with Crippen LogP contribution in [0.15, 0.2) is 0 Å². The molecule has 0 aliphatic rings. The molecule has 104 valence electrons. The molecule has 18 heavy (non-hydrogen) atoms. The summed E-state index contributed by atoms with van der Waals surface area (Å²) in [7, 11) is -4.85. The summed E-state index contributed by atoms with van der Waals surface area (Å²) in [5.74, 6) is 0. The summed E-state index contributed by atoms with van der Waals surface area (Å²) in [6.07, 6.45) is -12.3. The van der Waals surface area contributed by atoms with Gasteiger partial charge >= 0.3 is 40.3 Å². The molecule has 0 fully saturated rings. The molecular weight excluding hydrogens is 414 g/mol. The van der Waals surface area contributed by atoms with Crippen molar-refractivity contribution in [2.24, 2.45) is 0 Å². The van der Waals surface area contributed by atoms with Crippen molar-refractivity contribution in [3.63, 3.8) is 0 Å². The molecule has 0 aromatic rings. The third kappa shape index (κ3) is 4.36. The van der Waals surface area contributed by atoms with Crippen molar-refractivity contribution in [1.29, 1.82) is 0 Å². The van der Waals surface area contributed by atoms with Gasteiger partial charge in [-0.1, -0.05) is 0 Å². The minimum Gasteiger partial charge on any atom is -0.418 e. The van der Waals surface area contributed by atoms with Gasteiger partial charge in [-0.15, -0.1) is 0 Å². The average Bonchev–Trinajstić information content (AvgIpc) is 1.98. The van der Waals surface area contributed by atoms with Crippen LogP contribution in [0, 0.1) is 0 Å². The SMILES string of the molecule is O=[S-](=O)C(F)(F)C(F)(F)OC(F)(F)C(F)(F)I.[Li+]. The van der Waals surface area contributed by atoms with Gasteiger partial charge in [0.2, 0.25) is 0 Å². The second kappa shape index (κ2) is 5.98. The Kier molecular flexibility index (Phi) is 6.97. The fourth-order valence-corrected chi connectivity index (χ4v) is 0.721. The summed E-state index contributed by atoms with van der Waals surface area (Å²) in [5.41, 5.74) is 0. The van der Waals surface area contributed by atoms with Crippen LogP contribution < -0.4 is 18.9 Å². The largest absolute Gasteiger partial charge is 1.00 e. The van der Waals surface area contributed by atoms with Gasteiger partial charge in [-0.3, -0.25) is 0 Å². The fraction of sp³-hybridized carbons (Fsp3) is 1.00. The molecule has 0 amide bonds. The molecule has 0 saturated heterocycles. The van der Waals surface area contributed by atoms with Gasteiger partial charge in [-0.25, -0.2) is 13.5 Å². The van der Waals surface area contributed by atoms with E-state index < -0.39 is 32.1 Å². The Morgan fingerprint density at radius 1 is 0.833 bits per heavy atom. The van der Waals surface area contributed by atoms with Crippen molar-refractivity contribution in [3.8, 4) is 0 Å². The number of hydrogen-bond donors (Lipinski definition) is 0. The normalized spacial score (nSPS) is 14.6. The zero-order valence-corrected chi connectivity index (χ0v) is 11.0. The van der Waals surface area contributed by atoms with Crippen LogP contribution in [-0.4, -0.2) is 21.4 Å². The first-order valence-corrected chi connectivity index (χ1v) is 5.30. The molecule has 3 nitrogen and oxygen atoms in total. The topological polar surface area (TPSA) is 43.4 Å². The molecule has 0 aromatic carbocycles. The van der Waals surface area contributed by atoms with E-state index in [4.69, 9.17) is 0 Å². The maximum atomic E-state index is 12.3. The molecular formula is C4F8ILiO3S. The maximum Gasteiger partial charge on any atom is 1.00 e. The molecule has 0 radical (unpaired) electrons. The summed E-state index contributed by atoms with van der Waals surface area (Å²) < 4.78 is 113. The van der Waals surface area contributed by atoms with Crippen LogP contribution in [0.3, 0.4) is 0 Å².